The first-order chi connectivity index (χ1) is 20.2. The number of carboxylic acids is 1. The number of benzene rings is 1. The molecule has 12 heteroatoms. The molecule has 0 atom stereocenters. The van der Waals surface area contributed by atoms with Crippen molar-refractivity contribution in [3.63, 3.8) is 0 Å². The second kappa shape index (κ2) is 9.75. The summed E-state index contributed by atoms with van der Waals surface area (Å²) in [7, 11) is 0. The zero-order valence-electron chi connectivity index (χ0n) is 22.5. The van der Waals surface area contributed by atoms with Gasteiger partial charge in [-0.3, -0.25) is 0 Å². The van der Waals surface area contributed by atoms with Gasteiger partial charge in [0.1, 0.15) is 17.1 Å². The number of pyridine rings is 1. The quantitative estimate of drug-likeness (QED) is 0.236. The Morgan fingerprint density at radius 3 is 2.45 bits per heavy atom. The zero-order chi connectivity index (χ0) is 29.1. The molecular formula is C30H27F3N4O5. The van der Waals surface area contributed by atoms with Gasteiger partial charge >= 0.3 is 12.1 Å². The first kappa shape index (κ1) is 26.8. The lowest BCUT2D eigenvalue weighted by atomic mass is 9.58. The summed E-state index contributed by atoms with van der Waals surface area (Å²) in [6.45, 7) is 0.127. The monoisotopic (exact) mass is 580 g/mol. The van der Waals surface area contributed by atoms with Crippen molar-refractivity contribution in [2.45, 2.75) is 81.1 Å². The van der Waals surface area contributed by atoms with E-state index in [1.54, 1.807) is 12.1 Å². The van der Waals surface area contributed by atoms with Gasteiger partial charge in [-0.25, -0.2) is 9.78 Å². The number of hydrogen-bond acceptors (Lipinski definition) is 8. The fraction of sp³-hybridized carbons (Fsp3) is 0.433. The molecule has 3 heterocycles. The SMILES string of the molecule is O=C(O)c1cc(-c2noc(C34CCC(OCc5c(-c6ccccc6C(F)(F)F)noc5C5CC5)(CC3)CC4)n2)ccn1. The summed E-state index contributed by atoms with van der Waals surface area (Å²) in [4.78, 5) is 19.8. The Balaban J connectivity index is 1.09. The molecule has 0 spiro atoms. The van der Waals surface area contributed by atoms with Gasteiger partial charge in [-0.15, -0.1) is 0 Å². The molecule has 4 aliphatic rings. The molecule has 0 amide bonds. The maximum absolute atomic E-state index is 13.8. The first-order valence-corrected chi connectivity index (χ1v) is 14.0. The van der Waals surface area contributed by atoms with Crippen LogP contribution in [0.25, 0.3) is 22.6 Å². The van der Waals surface area contributed by atoms with E-state index in [0.29, 0.717) is 28.6 Å². The van der Waals surface area contributed by atoms with Gasteiger partial charge < -0.3 is 18.9 Å². The van der Waals surface area contributed by atoms with Crippen LogP contribution in [0.2, 0.25) is 0 Å². The third kappa shape index (κ3) is 4.67. The van der Waals surface area contributed by atoms with Crippen molar-refractivity contribution in [2.24, 2.45) is 0 Å². The van der Waals surface area contributed by atoms with Crippen molar-refractivity contribution in [3.8, 4) is 22.6 Å². The molecule has 4 fully saturated rings. The van der Waals surface area contributed by atoms with Crippen LogP contribution in [0.15, 0.2) is 51.6 Å². The fourth-order valence-corrected chi connectivity index (χ4v) is 6.43. The maximum atomic E-state index is 13.8. The van der Waals surface area contributed by atoms with Gasteiger partial charge in [-0.05, 0) is 69.6 Å². The Kier molecular flexibility index (Phi) is 6.23. The Morgan fingerprint density at radius 2 is 1.76 bits per heavy atom. The Bertz CT molecular complexity index is 1630. The van der Waals surface area contributed by atoms with Crippen LogP contribution in [0, 0.1) is 0 Å². The van der Waals surface area contributed by atoms with E-state index in [0.717, 1.165) is 57.4 Å². The smallest absolute Gasteiger partial charge is 0.417 e. The number of carbonyl (C=O) groups is 1. The van der Waals surface area contributed by atoms with E-state index in [1.165, 1.54) is 24.4 Å². The van der Waals surface area contributed by atoms with E-state index in [2.05, 4.69) is 20.3 Å². The number of aromatic nitrogens is 4. The minimum absolute atomic E-state index is 0.0000686. The maximum Gasteiger partial charge on any atom is 0.417 e. The standard InChI is InChI=1S/C30H27F3N4O5/c31-30(32,33)21-4-2-1-3-19(21)23-20(24(41-36-23)17-5-6-17)16-40-29-11-8-28(9-12-29,10-13-29)27-35-25(37-42-27)18-7-14-34-22(15-18)26(38)39/h1-4,7,14-15,17H,5-6,8-13,16H2,(H,38,39). The van der Waals surface area contributed by atoms with Crippen LogP contribution in [0.3, 0.4) is 0 Å². The lowest BCUT2D eigenvalue weighted by molar-refractivity contribution is -0.137. The number of fused-ring (bicyclic) bond motifs is 3. The number of hydrogen-bond donors (Lipinski definition) is 1. The molecular weight excluding hydrogens is 553 g/mol. The van der Waals surface area contributed by atoms with Crippen molar-refractivity contribution in [3.05, 3.63) is 71.1 Å². The van der Waals surface area contributed by atoms with Gasteiger partial charge in [-0.1, -0.05) is 28.5 Å². The number of halogens is 3. The average Bonchev–Trinajstić information content (AvgIpc) is 3.55. The second-order valence-corrected chi connectivity index (χ2v) is 11.6. The topological polar surface area (TPSA) is 124 Å². The number of carboxylic acid groups (broad SMARTS) is 1. The summed E-state index contributed by atoms with van der Waals surface area (Å²) in [6, 6.07) is 8.50. The molecule has 0 unspecified atom stereocenters. The molecule has 4 saturated carbocycles. The zero-order valence-corrected chi connectivity index (χ0v) is 22.5. The van der Waals surface area contributed by atoms with Gasteiger partial charge in [0.25, 0.3) is 0 Å². The normalized spacial score (nSPS) is 23.8. The van der Waals surface area contributed by atoms with Crippen molar-refractivity contribution < 1.29 is 36.9 Å². The van der Waals surface area contributed by atoms with Crippen LogP contribution in [0.1, 0.15) is 90.6 Å². The average molecular weight is 581 g/mol. The molecule has 3 aromatic heterocycles. The highest BCUT2D eigenvalue weighted by atomic mass is 19.4. The fourth-order valence-electron chi connectivity index (χ4n) is 6.43. The molecule has 0 radical (unpaired) electrons. The molecule has 1 N–H and O–H groups in total. The molecule has 0 aliphatic heterocycles. The molecule has 8 rings (SSSR count). The van der Waals surface area contributed by atoms with E-state index in [-0.39, 0.29) is 34.9 Å². The van der Waals surface area contributed by atoms with Crippen LogP contribution in [0.5, 0.6) is 0 Å². The number of aromatic carboxylic acids is 1. The number of rotatable bonds is 8. The van der Waals surface area contributed by atoms with E-state index >= 15 is 0 Å². The van der Waals surface area contributed by atoms with Crippen LogP contribution < -0.4 is 0 Å². The van der Waals surface area contributed by atoms with Crippen LogP contribution in [-0.2, 0) is 22.9 Å². The van der Waals surface area contributed by atoms with Crippen molar-refractivity contribution in [1.82, 2.24) is 20.3 Å². The second-order valence-electron chi connectivity index (χ2n) is 11.6. The van der Waals surface area contributed by atoms with Crippen LogP contribution in [-0.4, -0.2) is 37.0 Å². The van der Waals surface area contributed by atoms with Crippen molar-refractivity contribution in [2.75, 3.05) is 0 Å². The van der Waals surface area contributed by atoms with Gasteiger partial charge in [-0.2, -0.15) is 18.2 Å². The summed E-state index contributed by atoms with van der Waals surface area (Å²) in [5, 5.41) is 17.5. The Morgan fingerprint density at radius 1 is 1.02 bits per heavy atom. The minimum Gasteiger partial charge on any atom is -0.477 e. The lowest BCUT2D eigenvalue weighted by Gasteiger charge is -2.51. The number of alkyl halides is 3. The van der Waals surface area contributed by atoms with E-state index in [4.69, 9.17) is 13.8 Å². The largest absolute Gasteiger partial charge is 0.477 e. The van der Waals surface area contributed by atoms with Crippen LogP contribution in [0.4, 0.5) is 13.2 Å². The third-order valence-electron chi connectivity index (χ3n) is 9.07. The highest BCUT2D eigenvalue weighted by molar-refractivity contribution is 5.86. The van der Waals surface area contributed by atoms with E-state index < -0.39 is 23.3 Å². The summed E-state index contributed by atoms with van der Waals surface area (Å²) in [6.07, 6.45) is 3.20. The van der Waals surface area contributed by atoms with Crippen LogP contribution >= 0.6 is 0 Å². The lowest BCUT2D eigenvalue weighted by Crippen LogP contribution is -2.49. The predicted molar refractivity (Wildman–Crippen MR) is 140 cm³/mol. The summed E-state index contributed by atoms with van der Waals surface area (Å²) < 4.78 is 59.4. The van der Waals surface area contributed by atoms with Crippen molar-refractivity contribution >= 4 is 5.97 Å². The Hall–Kier alpha value is -4.06. The molecule has 0 saturated heterocycles. The molecule has 1 aromatic carbocycles. The summed E-state index contributed by atoms with van der Waals surface area (Å²) >= 11 is 0. The molecule has 4 aliphatic carbocycles. The van der Waals surface area contributed by atoms with E-state index in [9.17, 15) is 23.1 Å². The Labute approximate surface area is 238 Å². The summed E-state index contributed by atoms with van der Waals surface area (Å²) in [5.74, 6) is 0.488. The third-order valence-corrected chi connectivity index (χ3v) is 9.07. The molecule has 218 valence electrons. The molecule has 9 nitrogen and oxygen atoms in total. The number of nitrogens with zero attached hydrogens (tertiary/aromatic N) is 4. The summed E-state index contributed by atoms with van der Waals surface area (Å²) in [5.41, 5.74) is -0.242. The minimum atomic E-state index is -4.52. The van der Waals surface area contributed by atoms with Gasteiger partial charge in [0, 0.05) is 28.8 Å². The highest BCUT2D eigenvalue weighted by Crippen LogP contribution is 2.55. The molecule has 42 heavy (non-hydrogen) atoms. The predicted octanol–water partition coefficient (Wildman–Crippen LogP) is 6.94. The molecule has 2 bridgehead atoms. The molecule has 4 aromatic rings. The number of ether oxygens (including phenoxy) is 1. The first-order valence-electron chi connectivity index (χ1n) is 14.0. The van der Waals surface area contributed by atoms with Gasteiger partial charge in [0.15, 0.2) is 0 Å². The van der Waals surface area contributed by atoms with Gasteiger partial charge in [0.05, 0.1) is 23.2 Å². The van der Waals surface area contributed by atoms with E-state index in [1.807, 2.05) is 0 Å². The highest BCUT2D eigenvalue weighted by Gasteiger charge is 2.53. The van der Waals surface area contributed by atoms with Crippen molar-refractivity contribution in [1.29, 1.82) is 0 Å². The van der Waals surface area contributed by atoms with Gasteiger partial charge in [0.2, 0.25) is 11.7 Å².